The lowest BCUT2D eigenvalue weighted by Gasteiger charge is -2.27. The van der Waals surface area contributed by atoms with Crippen LogP contribution in [0, 0.1) is 21.7 Å². The Morgan fingerprint density at radius 2 is 2.33 bits per heavy atom. The molecule has 1 heterocycles. The first-order chi connectivity index (χ1) is 9.99. The number of anilines is 1. The van der Waals surface area contributed by atoms with E-state index in [0.29, 0.717) is 19.6 Å². The third kappa shape index (κ3) is 3.85. The summed E-state index contributed by atoms with van der Waals surface area (Å²) in [6, 6.07) is 1.51. The minimum Gasteiger partial charge on any atom is -0.379 e. The van der Waals surface area contributed by atoms with Gasteiger partial charge in [0.05, 0.1) is 18.1 Å². The summed E-state index contributed by atoms with van der Waals surface area (Å²) >= 11 is 0. The van der Waals surface area contributed by atoms with Gasteiger partial charge in [0.25, 0.3) is 5.69 Å². The van der Waals surface area contributed by atoms with Gasteiger partial charge in [0.15, 0.2) is 17.3 Å². The fourth-order valence-corrected chi connectivity index (χ4v) is 2.33. The van der Waals surface area contributed by atoms with Crippen LogP contribution in [0.15, 0.2) is 12.1 Å². The molecule has 1 fully saturated rings. The average molecular weight is 301 g/mol. The lowest BCUT2D eigenvalue weighted by atomic mass is 10.1. The van der Waals surface area contributed by atoms with Crippen molar-refractivity contribution >= 4 is 11.4 Å². The Bertz CT molecular complexity index is 522. The molecule has 2 N–H and O–H groups in total. The molecule has 2 atom stereocenters. The van der Waals surface area contributed by atoms with E-state index < -0.39 is 27.9 Å². The number of nitrogens with zero attached hydrogens (tertiary/aromatic N) is 1. The standard InChI is InChI=1S/C13H17F2N3O3/c1-8(6-9-7-21-5-4-16-9)17-13-11(18(19)20)3-2-10(14)12(13)15/h2-3,8-9,16-17H,4-7H2,1H3. The number of hydrogen-bond acceptors (Lipinski definition) is 5. The highest BCUT2D eigenvalue weighted by molar-refractivity contribution is 5.62. The van der Waals surface area contributed by atoms with Gasteiger partial charge < -0.3 is 15.4 Å². The molecule has 2 rings (SSSR count). The maximum Gasteiger partial charge on any atom is 0.295 e. The van der Waals surface area contributed by atoms with Crippen LogP contribution in [-0.2, 0) is 4.74 Å². The Morgan fingerprint density at radius 3 is 2.95 bits per heavy atom. The van der Waals surface area contributed by atoms with Gasteiger partial charge in [-0.2, -0.15) is 0 Å². The van der Waals surface area contributed by atoms with Gasteiger partial charge in [0.2, 0.25) is 0 Å². The Labute approximate surface area is 120 Å². The van der Waals surface area contributed by atoms with Crippen molar-refractivity contribution in [2.45, 2.75) is 25.4 Å². The SMILES string of the molecule is CC(CC1COCCN1)Nc1c([N+](=O)[O-])ccc(F)c1F. The molecule has 1 aromatic carbocycles. The highest BCUT2D eigenvalue weighted by Crippen LogP contribution is 2.30. The van der Waals surface area contributed by atoms with Crippen molar-refractivity contribution in [1.29, 1.82) is 0 Å². The minimum atomic E-state index is -1.23. The number of nitro groups is 1. The van der Waals surface area contributed by atoms with Gasteiger partial charge in [-0.05, 0) is 19.4 Å². The fourth-order valence-electron chi connectivity index (χ4n) is 2.33. The first kappa shape index (κ1) is 15.6. The van der Waals surface area contributed by atoms with E-state index in [0.717, 1.165) is 18.7 Å². The number of nitro benzene ring substituents is 1. The van der Waals surface area contributed by atoms with Crippen molar-refractivity contribution < 1.29 is 18.4 Å². The number of halogens is 2. The number of morpholine rings is 1. The zero-order chi connectivity index (χ0) is 15.4. The van der Waals surface area contributed by atoms with Crippen LogP contribution < -0.4 is 10.6 Å². The van der Waals surface area contributed by atoms with Crippen molar-refractivity contribution in [3.05, 3.63) is 33.9 Å². The monoisotopic (exact) mass is 301 g/mol. The molecule has 1 aliphatic rings. The van der Waals surface area contributed by atoms with E-state index in [-0.39, 0.29) is 12.1 Å². The molecule has 0 amide bonds. The largest absolute Gasteiger partial charge is 0.379 e. The Hall–Kier alpha value is -1.80. The van der Waals surface area contributed by atoms with Crippen molar-refractivity contribution in [3.63, 3.8) is 0 Å². The molecule has 0 aliphatic carbocycles. The van der Waals surface area contributed by atoms with Gasteiger partial charge >= 0.3 is 0 Å². The van der Waals surface area contributed by atoms with E-state index in [1.54, 1.807) is 6.92 Å². The van der Waals surface area contributed by atoms with Crippen molar-refractivity contribution in [1.82, 2.24) is 5.32 Å². The predicted octanol–water partition coefficient (Wildman–Crippen LogP) is 2.05. The van der Waals surface area contributed by atoms with Gasteiger partial charge in [0.1, 0.15) is 0 Å². The van der Waals surface area contributed by atoms with Gasteiger partial charge in [-0.3, -0.25) is 10.1 Å². The Kier molecular flexibility index (Phi) is 5.03. The quantitative estimate of drug-likeness (QED) is 0.643. The summed E-state index contributed by atoms with van der Waals surface area (Å²) in [4.78, 5) is 10.2. The highest BCUT2D eigenvalue weighted by atomic mass is 19.2. The molecule has 0 aromatic heterocycles. The van der Waals surface area contributed by atoms with Crippen LogP contribution in [0.1, 0.15) is 13.3 Å². The first-order valence-electron chi connectivity index (χ1n) is 6.69. The van der Waals surface area contributed by atoms with Crippen LogP contribution >= 0.6 is 0 Å². The second-order valence-corrected chi connectivity index (χ2v) is 5.02. The lowest BCUT2D eigenvalue weighted by molar-refractivity contribution is -0.384. The molecule has 1 aliphatic heterocycles. The molecule has 0 saturated carbocycles. The molecular formula is C13H17F2N3O3. The number of hydrogen-bond donors (Lipinski definition) is 2. The second kappa shape index (κ2) is 6.77. The summed E-state index contributed by atoms with van der Waals surface area (Å²) in [5.41, 5.74) is -0.891. The highest BCUT2D eigenvalue weighted by Gasteiger charge is 2.24. The van der Waals surface area contributed by atoms with Gasteiger partial charge in [-0.1, -0.05) is 0 Å². The molecule has 21 heavy (non-hydrogen) atoms. The zero-order valence-corrected chi connectivity index (χ0v) is 11.6. The van der Waals surface area contributed by atoms with Crippen LogP contribution in [0.3, 0.4) is 0 Å². The smallest absolute Gasteiger partial charge is 0.295 e. The van der Waals surface area contributed by atoms with Gasteiger partial charge in [-0.15, -0.1) is 0 Å². The molecule has 0 bridgehead atoms. The zero-order valence-electron chi connectivity index (χ0n) is 11.6. The maximum absolute atomic E-state index is 13.8. The Balaban J connectivity index is 2.10. The van der Waals surface area contributed by atoms with Crippen LogP contribution in [-0.4, -0.2) is 36.8 Å². The van der Waals surface area contributed by atoms with E-state index in [1.165, 1.54) is 0 Å². The van der Waals surface area contributed by atoms with E-state index in [4.69, 9.17) is 4.74 Å². The summed E-state index contributed by atoms with van der Waals surface area (Å²) in [7, 11) is 0. The van der Waals surface area contributed by atoms with Crippen molar-refractivity contribution in [3.8, 4) is 0 Å². The third-order valence-electron chi connectivity index (χ3n) is 3.30. The van der Waals surface area contributed by atoms with Gasteiger partial charge in [0, 0.05) is 24.7 Å². The normalized spacial score (nSPS) is 20.0. The molecule has 8 heteroatoms. The fraction of sp³-hybridized carbons (Fsp3) is 0.538. The van der Waals surface area contributed by atoms with E-state index in [1.807, 2.05) is 0 Å². The number of rotatable bonds is 5. The molecule has 1 saturated heterocycles. The average Bonchev–Trinajstić information content (AvgIpc) is 2.44. The molecule has 6 nitrogen and oxygen atoms in total. The topological polar surface area (TPSA) is 76.4 Å². The van der Waals surface area contributed by atoms with Crippen molar-refractivity contribution in [2.24, 2.45) is 0 Å². The minimum absolute atomic E-state index is 0.0805. The first-order valence-corrected chi connectivity index (χ1v) is 6.69. The van der Waals surface area contributed by atoms with Gasteiger partial charge in [-0.25, -0.2) is 8.78 Å². The predicted molar refractivity (Wildman–Crippen MR) is 73.3 cm³/mol. The summed E-state index contributed by atoms with van der Waals surface area (Å²) in [5, 5.41) is 16.8. The maximum atomic E-state index is 13.8. The summed E-state index contributed by atoms with van der Waals surface area (Å²) in [6.45, 7) is 3.65. The van der Waals surface area contributed by atoms with E-state index in [9.17, 15) is 18.9 Å². The molecule has 0 radical (unpaired) electrons. The summed E-state index contributed by atoms with van der Waals surface area (Å²) in [5.74, 6) is -2.35. The summed E-state index contributed by atoms with van der Waals surface area (Å²) in [6.07, 6.45) is 0.576. The number of nitrogens with one attached hydrogen (secondary N) is 2. The number of ether oxygens (including phenoxy) is 1. The second-order valence-electron chi connectivity index (χ2n) is 5.02. The van der Waals surface area contributed by atoms with Crippen LogP contribution in [0.4, 0.5) is 20.2 Å². The molecule has 116 valence electrons. The molecule has 0 spiro atoms. The molecule has 1 aromatic rings. The lowest BCUT2D eigenvalue weighted by Crippen LogP contribution is -2.43. The number of benzene rings is 1. The van der Waals surface area contributed by atoms with Crippen LogP contribution in [0.25, 0.3) is 0 Å². The molecular weight excluding hydrogens is 284 g/mol. The Morgan fingerprint density at radius 1 is 1.57 bits per heavy atom. The van der Waals surface area contributed by atoms with Crippen molar-refractivity contribution in [2.75, 3.05) is 25.1 Å². The van der Waals surface area contributed by atoms with E-state index in [2.05, 4.69) is 10.6 Å². The molecule has 2 unspecified atom stereocenters. The van der Waals surface area contributed by atoms with Crippen LogP contribution in [0.5, 0.6) is 0 Å². The van der Waals surface area contributed by atoms with E-state index >= 15 is 0 Å². The third-order valence-corrected chi connectivity index (χ3v) is 3.30. The van der Waals surface area contributed by atoms with Crippen LogP contribution in [0.2, 0.25) is 0 Å². The summed E-state index contributed by atoms with van der Waals surface area (Å²) < 4.78 is 32.3.